The van der Waals surface area contributed by atoms with Gasteiger partial charge in [-0.15, -0.1) is 0 Å². The van der Waals surface area contributed by atoms with E-state index in [0.29, 0.717) is 6.54 Å². The average Bonchev–Trinajstić information content (AvgIpc) is 2.48. The molecule has 3 aromatic rings. The van der Waals surface area contributed by atoms with Gasteiger partial charge in [-0.05, 0) is 36.8 Å². The maximum atomic E-state index is 6.19. The zero-order chi connectivity index (χ0) is 14.8. The summed E-state index contributed by atoms with van der Waals surface area (Å²) in [7, 11) is 0. The van der Waals surface area contributed by atoms with Gasteiger partial charge in [-0.1, -0.05) is 29.8 Å². The number of aryl methyl sites for hydroxylation is 1. The van der Waals surface area contributed by atoms with Crippen LogP contribution in [0.2, 0.25) is 5.02 Å². The van der Waals surface area contributed by atoms with Crippen LogP contribution in [0.3, 0.4) is 0 Å². The summed E-state index contributed by atoms with van der Waals surface area (Å²) < 4.78 is 0. The Bertz CT molecular complexity index is 799. The number of halogens is 1. The van der Waals surface area contributed by atoms with Gasteiger partial charge >= 0.3 is 0 Å². The van der Waals surface area contributed by atoms with Gasteiger partial charge in [-0.3, -0.25) is 4.98 Å². The van der Waals surface area contributed by atoms with E-state index in [9.17, 15) is 0 Å². The van der Waals surface area contributed by atoms with Crippen LogP contribution < -0.4 is 11.1 Å². The van der Waals surface area contributed by atoms with Gasteiger partial charge in [0.15, 0.2) is 0 Å². The van der Waals surface area contributed by atoms with Crippen LogP contribution in [0.15, 0.2) is 48.7 Å². The smallest absolute Gasteiger partial charge is 0.0455 e. The highest BCUT2D eigenvalue weighted by Crippen LogP contribution is 2.29. The molecule has 0 radical (unpaired) electrons. The van der Waals surface area contributed by atoms with Gasteiger partial charge in [-0.2, -0.15) is 0 Å². The maximum Gasteiger partial charge on any atom is 0.0455 e. The Labute approximate surface area is 128 Å². The predicted octanol–water partition coefficient (Wildman–Crippen LogP) is 4.39. The van der Waals surface area contributed by atoms with E-state index in [0.717, 1.165) is 38.4 Å². The van der Waals surface area contributed by atoms with E-state index < -0.39 is 0 Å². The number of nitrogens with zero attached hydrogens (tertiary/aromatic N) is 1. The summed E-state index contributed by atoms with van der Waals surface area (Å²) in [6, 6.07) is 13.8. The Hall–Kier alpha value is -2.26. The average molecular weight is 298 g/mol. The van der Waals surface area contributed by atoms with Crippen molar-refractivity contribution in [3.63, 3.8) is 0 Å². The third-order valence-corrected chi connectivity index (χ3v) is 3.87. The number of fused-ring (bicyclic) bond motifs is 1. The van der Waals surface area contributed by atoms with E-state index in [1.54, 1.807) is 0 Å². The summed E-state index contributed by atoms with van der Waals surface area (Å²) in [6.45, 7) is 2.64. The number of nitrogen functional groups attached to an aromatic ring is 1. The van der Waals surface area contributed by atoms with Crippen molar-refractivity contribution in [2.75, 3.05) is 11.1 Å². The Morgan fingerprint density at radius 2 is 1.95 bits per heavy atom. The van der Waals surface area contributed by atoms with E-state index in [-0.39, 0.29) is 0 Å². The van der Waals surface area contributed by atoms with Crippen LogP contribution in [0.4, 0.5) is 11.4 Å². The Morgan fingerprint density at radius 3 is 2.76 bits per heavy atom. The zero-order valence-electron chi connectivity index (χ0n) is 11.7. The fraction of sp³-hybridized carbons (Fsp3) is 0.118. The second kappa shape index (κ2) is 5.62. The number of nitrogens with two attached hydrogens (primary N) is 1. The number of nitrogens with one attached hydrogen (secondary N) is 1. The van der Waals surface area contributed by atoms with E-state index >= 15 is 0 Å². The minimum atomic E-state index is 0.667. The lowest BCUT2D eigenvalue weighted by Gasteiger charge is -2.12. The number of anilines is 2. The Kier molecular flexibility index (Phi) is 3.67. The topological polar surface area (TPSA) is 50.9 Å². The van der Waals surface area contributed by atoms with Gasteiger partial charge in [0, 0.05) is 45.6 Å². The minimum absolute atomic E-state index is 0.667. The van der Waals surface area contributed by atoms with Crippen molar-refractivity contribution >= 4 is 33.7 Å². The van der Waals surface area contributed by atoms with Gasteiger partial charge in [0.05, 0.1) is 0 Å². The number of rotatable bonds is 3. The first-order chi connectivity index (χ1) is 10.1. The maximum absolute atomic E-state index is 6.19. The zero-order valence-corrected chi connectivity index (χ0v) is 12.5. The monoisotopic (exact) mass is 297 g/mol. The number of aromatic nitrogens is 1. The molecule has 0 amide bonds. The standard InChI is InChI=1S/C17H16ClN3/c1-11-8-13-14(10-20-11)16(19)6-7-17(13)21-9-12-4-2-3-5-15(12)18/h2-8,10,21H,9,19H2,1H3. The number of hydrogen-bond donors (Lipinski definition) is 2. The van der Waals surface area contributed by atoms with Gasteiger partial charge in [0.2, 0.25) is 0 Å². The van der Waals surface area contributed by atoms with Crippen LogP contribution in [-0.2, 0) is 6.54 Å². The molecule has 0 saturated carbocycles. The highest BCUT2D eigenvalue weighted by atomic mass is 35.5. The molecule has 3 nitrogen and oxygen atoms in total. The van der Waals surface area contributed by atoms with Gasteiger partial charge in [0.25, 0.3) is 0 Å². The van der Waals surface area contributed by atoms with E-state index in [2.05, 4.69) is 10.3 Å². The largest absolute Gasteiger partial charge is 0.398 e. The first-order valence-corrected chi connectivity index (χ1v) is 7.15. The summed E-state index contributed by atoms with van der Waals surface area (Å²) >= 11 is 6.19. The van der Waals surface area contributed by atoms with Crippen molar-refractivity contribution < 1.29 is 0 Å². The van der Waals surface area contributed by atoms with Crippen molar-refractivity contribution in [1.29, 1.82) is 0 Å². The first kappa shape index (κ1) is 13.7. The highest BCUT2D eigenvalue weighted by Gasteiger charge is 2.06. The lowest BCUT2D eigenvalue weighted by Crippen LogP contribution is -2.01. The number of pyridine rings is 1. The van der Waals surface area contributed by atoms with Crippen molar-refractivity contribution in [3.8, 4) is 0 Å². The summed E-state index contributed by atoms with van der Waals surface area (Å²) in [5, 5.41) is 6.24. The molecule has 3 rings (SSSR count). The second-order valence-electron chi connectivity index (χ2n) is 5.02. The molecule has 106 valence electrons. The lowest BCUT2D eigenvalue weighted by atomic mass is 10.1. The molecule has 0 spiro atoms. The molecular weight excluding hydrogens is 282 g/mol. The molecule has 0 saturated heterocycles. The highest BCUT2D eigenvalue weighted by molar-refractivity contribution is 6.31. The van der Waals surface area contributed by atoms with Crippen LogP contribution in [0.25, 0.3) is 10.8 Å². The summed E-state index contributed by atoms with van der Waals surface area (Å²) in [5.41, 5.74) is 9.82. The van der Waals surface area contributed by atoms with Gasteiger partial charge in [0.1, 0.15) is 0 Å². The van der Waals surface area contributed by atoms with Crippen LogP contribution in [0.5, 0.6) is 0 Å². The lowest BCUT2D eigenvalue weighted by molar-refractivity contribution is 1.15. The summed E-state index contributed by atoms with van der Waals surface area (Å²) in [4.78, 5) is 4.31. The van der Waals surface area contributed by atoms with E-state index in [4.69, 9.17) is 17.3 Å². The minimum Gasteiger partial charge on any atom is -0.398 e. The number of benzene rings is 2. The van der Waals surface area contributed by atoms with Crippen molar-refractivity contribution in [2.24, 2.45) is 0 Å². The molecule has 0 aliphatic carbocycles. The molecule has 1 aromatic heterocycles. The molecule has 2 aromatic carbocycles. The molecule has 0 fully saturated rings. The van der Waals surface area contributed by atoms with E-state index in [1.165, 1.54) is 0 Å². The summed E-state index contributed by atoms with van der Waals surface area (Å²) in [6.07, 6.45) is 1.82. The predicted molar refractivity (Wildman–Crippen MR) is 89.7 cm³/mol. The van der Waals surface area contributed by atoms with Gasteiger partial charge in [-0.25, -0.2) is 0 Å². The van der Waals surface area contributed by atoms with Crippen LogP contribution in [0.1, 0.15) is 11.3 Å². The fourth-order valence-electron chi connectivity index (χ4n) is 2.35. The van der Waals surface area contributed by atoms with Crippen molar-refractivity contribution in [2.45, 2.75) is 13.5 Å². The molecule has 0 aliphatic rings. The number of hydrogen-bond acceptors (Lipinski definition) is 3. The van der Waals surface area contributed by atoms with Crippen LogP contribution in [-0.4, -0.2) is 4.98 Å². The van der Waals surface area contributed by atoms with Gasteiger partial charge < -0.3 is 11.1 Å². The molecule has 3 N–H and O–H groups in total. The molecule has 0 unspecified atom stereocenters. The Morgan fingerprint density at radius 1 is 1.14 bits per heavy atom. The molecule has 21 heavy (non-hydrogen) atoms. The van der Waals surface area contributed by atoms with Crippen molar-refractivity contribution in [3.05, 3.63) is 64.9 Å². The third-order valence-electron chi connectivity index (χ3n) is 3.50. The molecule has 0 bridgehead atoms. The molecule has 0 aliphatic heterocycles. The molecule has 4 heteroatoms. The summed E-state index contributed by atoms with van der Waals surface area (Å²) in [5.74, 6) is 0. The fourth-order valence-corrected chi connectivity index (χ4v) is 2.55. The first-order valence-electron chi connectivity index (χ1n) is 6.77. The normalized spacial score (nSPS) is 10.8. The van der Waals surface area contributed by atoms with Crippen LogP contribution >= 0.6 is 11.6 Å². The SMILES string of the molecule is Cc1cc2c(NCc3ccccc3Cl)ccc(N)c2cn1. The molecular formula is C17H16ClN3. The van der Waals surface area contributed by atoms with E-state index in [1.807, 2.05) is 55.6 Å². The third kappa shape index (κ3) is 2.78. The van der Waals surface area contributed by atoms with Crippen LogP contribution in [0, 0.1) is 6.92 Å². The molecule has 1 heterocycles. The second-order valence-corrected chi connectivity index (χ2v) is 5.43. The molecule has 0 atom stereocenters. The Balaban J connectivity index is 1.96. The quantitative estimate of drug-likeness (QED) is 0.705. The van der Waals surface area contributed by atoms with Crippen molar-refractivity contribution in [1.82, 2.24) is 4.98 Å².